The number of likely N-dealkylation sites (N-methyl/N-ethyl adjacent to an activating group) is 1. The van der Waals surface area contributed by atoms with Gasteiger partial charge < -0.3 is 15.1 Å². The average Bonchev–Trinajstić information content (AvgIpc) is 2.69. The van der Waals surface area contributed by atoms with Crippen LogP contribution in [0.4, 0.5) is 10.5 Å². The van der Waals surface area contributed by atoms with Crippen LogP contribution in [0.3, 0.4) is 0 Å². The monoisotopic (exact) mass is 379 g/mol. The molecule has 5 heteroatoms. The predicted molar refractivity (Wildman–Crippen MR) is 112 cm³/mol. The number of amides is 3. The SMILES string of the molecule is CCN(CC(=O)N1CCc2ccccc2C1C)C(=O)Nc1c(C)cccc1C. The standard InChI is InChI=1S/C23H29N3O2/c1-5-25(23(28)24-22-16(2)9-8-10-17(22)3)15-21(27)26-14-13-19-11-6-7-12-20(19)18(26)4/h6-12,18H,5,13-15H2,1-4H3,(H,24,28). The van der Waals surface area contributed by atoms with Crippen LogP contribution in [0.1, 0.15) is 42.1 Å². The van der Waals surface area contributed by atoms with Gasteiger partial charge in [-0.25, -0.2) is 4.79 Å². The first-order valence-electron chi connectivity index (χ1n) is 9.91. The number of aryl methyl sites for hydroxylation is 2. The van der Waals surface area contributed by atoms with Crippen LogP contribution in [0.25, 0.3) is 0 Å². The molecule has 0 fully saturated rings. The molecule has 3 rings (SSSR count). The molecular formula is C23H29N3O2. The van der Waals surface area contributed by atoms with Crippen molar-refractivity contribution in [1.29, 1.82) is 0 Å². The summed E-state index contributed by atoms with van der Waals surface area (Å²) < 4.78 is 0. The van der Waals surface area contributed by atoms with Gasteiger partial charge in [0.2, 0.25) is 5.91 Å². The van der Waals surface area contributed by atoms with Crippen molar-refractivity contribution >= 4 is 17.6 Å². The van der Waals surface area contributed by atoms with Gasteiger partial charge in [0.15, 0.2) is 0 Å². The Kier molecular flexibility index (Phi) is 6.02. The lowest BCUT2D eigenvalue weighted by Crippen LogP contribution is -2.47. The van der Waals surface area contributed by atoms with Crippen molar-refractivity contribution < 1.29 is 9.59 Å². The number of nitrogens with one attached hydrogen (secondary N) is 1. The minimum Gasteiger partial charge on any atom is -0.334 e. The van der Waals surface area contributed by atoms with Crippen LogP contribution in [-0.2, 0) is 11.2 Å². The molecule has 28 heavy (non-hydrogen) atoms. The number of carbonyl (C=O) groups is 2. The highest BCUT2D eigenvalue weighted by atomic mass is 16.2. The van der Waals surface area contributed by atoms with Crippen molar-refractivity contribution in [3.8, 4) is 0 Å². The van der Waals surface area contributed by atoms with E-state index in [9.17, 15) is 9.59 Å². The lowest BCUT2D eigenvalue weighted by atomic mass is 9.93. The van der Waals surface area contributed by atoms with Crippen molar-refractivity contribution in [2.45, 2.75) is 40.2 Å². The van der Waals surface area contributed by atoms with Crippen molar-refractivity contribution in [1.82, 2.24) is 9.80 Å². The molecule has 0 radical (unpaired) electrons. The van der Waals surface area contributed by atoms with Crippen LogP contribution in [0.5, 0.6) is 0 Å². The fourth-order valence-electron chi connectivity index (χ4n) is 3.89. The third-order valence-corrected chi connectivity index (χ3v) is 5.62. The Morgan fingerprint density at radius 1 is 1.11 bits per heavy atom. The van der Waals surface area contributed by atoms with Gasteiger partial charge in [-0.2, -0.15) is 0 Å². The van der Waals surface area contributed by atoms with E-state index in [0.29, 0.717) is 13.1 Å². The first kappa shape index (κ1) is 19.9. The number of anilines is 1. The molecule has 5 nitrogen and oxygen atoms in total. The zero-order valence-electron chi connectivity index (χ0n) is 17.2. The number of para-hydroxylation sites is 1. The molecule has 1 unspecified atom stereocenters. The van der Waals surface area contributed by atoms with E-state index >= 15 is 0 Å². The normalized spacial score (nSPS) is 15.7. The number of benzene rings is 2. The van der Waals surface area contributed by atoms with E-state index in [-0.39, 0.29) is 24.5 Å². The molecule has 1 heterocycles. The molecule has 0 aliphatic carbocycles. The summed E-state index contributed by atoms with van der Waals surface area (Å²) in [5, 5.41) is 2.98. The molecule has 1 atom stereocenters. The molecule has 1 aliphatic rings. The van der Waals surface area contributed by atoms with Crippen molar-refractivity contribution in [2.24, 2.45) is 0 Å². The third-order valence-electron chi connectivity index (χ3n) is 5.62. The van der Waals surface area contributed by atoms with Gasteiger partial charge in [0.1, 0.15) is 6.54 Å². The highest BCUT2D eigenvalue weighted by Gasteiger charge is 2.29. The molecule has 0 bridgehead atoms. The highest BCUT2D eigenvalue weighted by Crippen LogP contribution is 2.29. The van der Waals surface area contributed by atoms with E-state index in [1.165, 1.54) is 11.1 Å². The Morgan fingerprint density at radius 3 is 2.46 bits per heavy atom. The highest BCUT2D eigenvalue weighted by molar-refractivity contribution is 5.93. The summed E-state index contributed by atoms with van der Waals surface area (Å²) in [5.41, 5.74) is 5.34. The summed E-state index contributed by atoms with van der Waals surface area (Å²) in [4.78, 5) is 29.2. The summed E-state index contributed by atoms with van der Waals surface area (Å²) >= 11 is 0. The van der Waals surface area contributed by atoms with Crippen LogP contribution in [0, 0.1) is 13.8 Å². The maximum atomic E-state index is 13.0. The number of rotatable bonds is 4. The van der Waals surface area contributed by atoms with Gasteiger partial charge in [0.05, 0.1) is 6.04 Å². The van der Waals surface area contributed by atoms with Gasteiger partial charge in [-0.15, -0.1) is 0 Å². The van der Waals surface area contributed by atoms with E-state index < -0.39 is 0 Å². The third kappa shape index (κ3) is 4.03. The van der Waals surface area contributed by atoms with Gasteiger partial charge in [-0.05, 0) is 56.4 Å². The van der Waals surface area contributed by atoms with Crippen LogP contribution in [0.15, 0.2) is 42.5 Å². The summed E-state index contributed by atoms with van der Waals surface area (Å²) in [7, 11) is 0. The van der Waals surface area contributed by atoms with Crippen molar-refractivity contribution in [3.63, 3.8) is 0 Å². The van der Waals surface area contributed by atoms with E-state index in [2.05, 4.69) is 24.4 Å². The summed E-state index contributed by atoms with van der Waals surface area (Å²) in [5.74, 6) is -0.0134. The number of fused-ring (bicyclic) bond motifs is 1. The molecule has 0 saturated heterocycles. The molecule has 0 spiro atoms. The Morgan fingerprint density at radius 2 is 1.79 bits per heavy atom. The topological polar surface area (TPSA) is 52.7 Å². The first-order valence-corrected chi connectivity index (χ1v) is 9.91. The number of urea groups is 1. The largest absolute Gasteiger partial charge is 0.334 e. The molecule has 1 N–H and O–H groups in total. The Balaban J connectivity index is 1.69. The summed E-state index contributed by atoms with van der Waals surface area (Å²) in [6.45, 7) is 9.14. The molecule has 0 saturated carbocycles. The second-order valence-electron chi connectivity index (χ2n) is 7.42. The number of carbonyl (C=O) groups excluding carboxylic acids is 2. The van der Waals surface area contributed by atoms with Crippen LogP contribution < -0.4 is 5.32 Å². The van der Waals surface area contributed by atoms with Crippen molar-refractivity contribution in [2.75, 3.05) is 25.0 Å². The molecule has 2 aromatic rings. The van der Waals surface area contributed by atoms with Crippen molar-refractivity contribution in [3.05, 3.63) is 64.7 Å². The van der Waals surface area contributed by atoms with Crippen LogP contribution >= 0.6 is 0 Å². The Bertz CT molecular complexity index is 858. The lowest BCUT2D eigenvalue weighted by Gasteiger charge is -2.36. The minimum absolute atomic E-state index is 0.0134. The predicted octanol–water partition coefficient (Wildman–Crippen LogP) is 4.30. The quantitative estimate of drug-likeness (QED) is 0.861. The summed E-state index contributed by atoms with van der Waals surface area (Å²) in [6.07, 6.45) is 0.854. The first-order chi connectivity index (χ1) is 13.4. The molecule has 0 aromatic heterocycles. The maximum absolute atomic E-state index is 13.0. The van der Waals surface area contributed by atoms with E-state index in [4.69, 9.17) is 0 Å². The summed E-state index contributed by atoms with van der Waals surface area (Å²) in [6, 6.07) is 14.0. The molecule has 1 aliphatic heterocycles. The van der Waals surface area contributed by atoms with Gasteiger partial charge in [0.25, 0.3) is 0 Å². The Labute approximate surface area is 167 Å². The van der Waals surface area contributed by atoms with Gasteiger partial charge in [-0.1, -0.05) is 42.5 Å². The fourth-order valence-corrected chi connectivity index (χ4v) is 3.89. The molecule has 3 amide bonds. The zero-order valence-corrected chi connectivity index (χ0v) is 17.2. The maximum Gasteiger partial charge on any atom is 0.322 e. The molecular weight excluding hydrogens is 350 g/mol. The van der Waals surface area contributed by atoms with Gasteiger partial charge >= 0.3 is 6.03 Å². The average molecular weight is 380 g/mol. The fraction of sp³-hybridized carbons (Fsp3) is 0.391. The second kappa shape index (κ2) is 8.46. The number of nitrogens with zero attached hydrogens (tertiary/aromatic N) is 2. The van der Waals surface area contributed by atoms with E-state index in [1.807, 2.05) is 56.0 Å². The number of hydrogen-bond donors (Lipinski definition) is 1. The van der Waals surface area contributed by atoms with E-state index in [1.54, 1.807) is 4.90 Å². The Hall–Kier alpha value is -2.82. The van der Waals surface area contributed by atoms with Crippen LogP contribution in [0.2, 0.25) is 0 Å². The lowest BCUT2D eigenvalue weighted by molar-refractivity contribution is -0.134. The smallest absolute Gasteiger partial charge is 0.322 e. The van der Waals surface area contributed by atoms with Gasteiger partial charge in [0, 0.05) is 18.8 Å². The second-order valence-corrected chi connectivity index (χ2v) is 7.42. The molecule has 2 aromatic carbocycles. The van der Waals surface area contributed by atoms with E-state index in [0.717, 1.165) is 23.2 Å². The number of hydrogen-bond acceptors (Lipinski definition) is 2. The van der Waals surface area contributed by atoms with Gasteiger partial charge in [-0.3, -0.25) is 4.79 Å². The zero-order chi connectivity index (χ0) is 20.3. The van der Waals surface area contributed by atoms with Crippen LogP contribution in [-0.4, -0.2) is 41.4 Å². The minimum atomic E-state index is -0.238. The molecule has 148 valence electrons.